The number of carbonyl (C=O) groups is 1. The number of likely N-dealkylation sites (tertiary alicyclic amines) is 1. The Morgan fingerprint density at radius 3 is 3.04 bits per heavy atom. The van der Waals surface area contributed by atoms with E-state index in [9.17, 15) is 15.0 Å². The summed E-state index contributed by atoms with van der Waals surface area (Å²) in [6.07, 6.45) is 3.50. The van der Waals surface area contributed by atoms with Gasteiger partial charge >= 0.3 is 0 Å². The summed E-state index contributed by atoms with van der Waals surface area (Å²) in [6, 6.07) is 3.62. The molecule has 2 heterocycles. The molecular weight excluding hydrogens is 306 g/mol. The van der Waals surface area contributed by atoms with Crippen molar-refractivity contribution >= 4 is 5.78 Å². The first-order valence-electron chi connectivity index (χ1n) is 8.75. The number of quaternary nitrogens is 1. The number of Topliss-reactive ketones (excluding diaryl/α,β-unsaturated/α-hetero) is 1. The number of phenols is 1. The van der Waals surface area contributed by atoms with Crippen LogP contribution in [0.15, 0.2) is 24.8 Å². The van der Waals surface area contributed by atoms with Crippen LogP contribution in [0.5, 0.6) is 11.5 Å². The largest absolute Gasteiger partial charge is 0.504 e. The zero-order valence-corrected chi connectivity index (χ0v) is 13.5. The molecule has 5 atom stereocenters. The van der Waals surface area contributed by atoms with Crippen molar-refractivity contribution in [1.29, 1.82) is 0 Å². The van der Waals surface area contributed by atoms with Gasteiger partial charge < -0.3 is 19.8 Å². The number of benzene rings is 1. The number of aromatic hydroxyl groups is 1. The molecule has 24 heavy (non-hydrogen) atoms. The Morgan fingerprint density at radius 1 is 1.42 bits per heavy atom. The molecule has 1 aromatic carbocycles. The first-order valence-corrected chi connectivity index (χ1v) is 8.75. The Kier molecular flexibility index (Phi) is 2.66. The summed E-state index contributed by atoms with van der Waals surface area (Å²) in [5.41, 5.74) is 0.348. The summed E-state index contributed by atoms with van der Waals surface area (Å²) in [5, 5.41) is 22.1. The normalized spacial score (nSPS) is 41.5. The highest BCUT2D eigenvalue weighted by molar-refractivity contribution is 5.89. The molecule has 5 heteroatoms. The van der Waals surface area contributed by atoms with E-state index in [4.69, 9.17) is 4.74 Å². The summed E-state index contributed by atoms with van der Waals surface area (Å²) < 4.78 is 5.99. The molecular formula is C19H22NO4+. The van der Waals surface area contributed by atoms with Crippen LogP contribution in [0.2, 0.25) is 0 Å². The molecule has 1 unspecified atom stereocenters. The fourth-order valence-corrected chi connectivity index (χ4v) is 5.98. The molecule has 126 valence electrons. The topological polar surface area (TPSA) is 71.2 Å². The van der Waals surface area contributed by atoms with Gasteiger partial charge in [0.2, 0.25) is 0 Å². The molecule has 4 aliphatic rings. The predicted octanol–water partition coefficient (Wildman–Crippen LogP) is -0.116. The van der Waals surface area contributed by atoms with Gasteiger partial charge in [0.15, 0.2) is 23.4 Å². The van der Waals surface area contributed by atoms with Crippen molar-refractivity contribution in [1.82, 2.24) is 0 Å². The number of piperidine rings is 1. The van der Waals surface area contributed by atoms with Crippen LogP contribution in [-0.2, 0) is 16.6 Å². The second kappa shape index (κ2) is 4.41. The Morgan fingerprint density at radius 2 is 2.25 bits per heavy atom. The SMILES string of the molecule is C=CC[NH+]1CC[C@]23c4c5ccc(O)c4O[C@@H]2C(=O)CC[C@]3(O)[C@H]1C5. The lowest BCUT2D eigenvalue weighted by Crippen LogP contribution is -3.21. The van der Waals surface area contributed by atoms with Crippen LogP contribution < -0.4 is 9.64 Å². The Hall–Kier alpha value is -1.85. The molecule has 3 N–H and O–H groups in total. The Labute approximate surface area is 140 Å². The molecule has 5 nitrogen and oxygen atoms in total. The second-order valence-corrected chi connectivity index (χ2v) is 7.72. The van der Waals surface area contributed by atoms with Gasteiger partial charge in [0.1, 0.15) is 11.6 Å². The molecule has 0 aromatic heterocycles. The zero-order valence-electron chi connectivity index (χ0n) is 13.5. The fraction of sp³-hybridized carbons (Fsp3) is 0.526. The van der Waals surface area contributed by atoms with E-state index < -0.39 is 17.1 Å². The predicted molar refractivity (Wildman–Crippen MR) is 86.4 cm³/mol. The number of rotatable bonds is 2. The van der Waals surface area contributed by atoms with E-state index in [1.54, 1.807) is 6.07 Å². The number of nitrogens with one attached hydrogen (secondary N) is 1. The molecule has 2 aliphatic heterocycles. The van der Waals surface area contributed by atoms with Crippen LogP contribution in [0.1, 0.15) is 30.4 Å². The van der Waals surface area contributed by atoms with Gasteiger partial charge in [0, 0.05) is 24.8 Å². The molecule has 0 radical (unpaired) electrons. The number of ketones is 1. The van der Waals surface area contributed by atoms with Crippen LogP contribution in [0.25, 0.3) is 0 Å². The Bertz CT molecular complexity index is 775. The highest BCUT2D eigenvalue weighted by atomic mass is 16.5. The van der Waals surface area contributed by atoms with E-state index >= 15 is 0 Å². The third-order valence-electron chi connectivity index (χ3n) is 6.91. The number of ether oxygens (including phenoxy) is 1. The van der Waals surface area contributed by atoms with E-state index in [0.717, 1.165) is 30.6 Å². The fourth-order valence-electron chi connectivity index (χ4n) is 5.98. The highest BCUT2D eigenvalue weighted by Crippen LogP contribution is 2.62. The van der Waals surface area contributed by atoms with Crippen LogP contribution in [0.3, 0.4) is 0 Å². The van der Waals surface area contributed by atoms with Crippen molar-refractivity contribution in [3.63, 3.8) is 0 Å². The summed E-state index contributed by atoms with van der Waals surface area (Å²) in [6.45, 7) is 5.55. The van der Waals surface area contributed by atoms with Crippen LogP contribution in [0.4, 0.5) is 0 Å². The van der Waals surface area contributed by atoms with Crippen LogP contribution >= 0.6 is 0 Å². The minimum atomic E-state index is -0.964. The van der Waals surface area contributed by atoms with Crippen molar-refractivity contribution in [3.05, 3.63) is 35.9 Å². The average molecular weight is 328 g/mol. The number of hydrogen-bond donors (Lipinski definition) is 3. The number of phenolic OH excluding ortho intramolecular Hbond substituents is 1. The van der Waals surface area contributed by atoms with Crippen molar-refractivity contribution in [2.24, 2.45) is 0 Å². The molecule has 1 spiro atoms. The maximum Gasteiger partial charge on any atom is 0.174 e. The molecule has 1 saturated heterocycles. The number of aliphatic hydroxyl groups is 1. The Balaban J connectivity index is 1.80. The van der Waals surface area contributed by atoms with Gasteiger partial charge in [-0.3, -0.25) is 4.79 Å². The zero-order chi connectivity index (χ0) is 16.7. The maximum atomic E-state index is 12.6. The minimum absolute atomic E-state index is 0.0337. The lowest BCUT2D eigenvalue weighted by atomic mass is 9.49. The van der Waals surface area contributed by atoms with E-state index in [1.165, 1.54) is 4.90 Å². The van der Waals surface area contributed by atoms with Gasteiger partial charge in [-0.05, 0) is 24.1 Å². The third kappa shape index (κ3) is 1.38. The summed E-state index contributed by atoms with van der Waals surface area (Å²) in [5.74, 6) is 0.554. The molecule has 0 amide bonds. The van der Waals surface area contributed by atoms with E-state index in [-0.39, 0.29) is 17.6 Å². The molecule has 1 saturated carbocycles. The quantitative estimate of drug-likeness (QED) is 0.662. The van der Waals surface area contributed by atoms with Crippen molar-refractivity contribution < 1.29 is 24.6 Å². The first kappa shape index (κ1) is 14.5. The minimum Gasteiger partial charge on any atom is -0.504 e. The smallest absolute Gasteiger partial charge is 0.174 e. The van der Waals surface area contributed by atoms with Gasteiger partial charge in [-0.1, -0.05) is 12.6 Å². The van der Waals surface area contributed by atoms with Crippen molar-refractivity contribution in [2.45, 2.75) is 48.8 Å². The van der Waals surface area contributed by atoms with Crippen LogP contribution in [-0.4, -0.2) is 46.8 Å². The lowest BCUT2D eigenvalue weighted by molar-refractivity contribution is -0.936. The van der Waals surface area contributed by atoms with Gasteiger partial charge in [-0.25, -0.2) is 0 Å². The number of carbonyl (C=O) groups excluding carboxylic acids is 1. The first-order chi connectivity index (χ1) is 11.5. The second-order valence-electron chi connectivity index (χ2n) is 7.72. The molecule has 5 rings (SSSR count). The van der Waals surface area contributed by atoms with E-state index in [2.05, 4.69) is 6.58 Å². The molecule has 1 aromatic rings. The standard InChI is InChI=1S/C19H21NO4/c1-2-8-20-9-7-18-15-11-3-4-12(21)16(15)24-17(18)13(22)5-6-19(18,23)14(20)10-11/h2-4,14,17,21,23H,1,5-10H2/p+1/t14-,17-,18+,19+/m1/s1. The van der Waals surface area contributed by atoms with E-state index in [0.29, 0.717) is 25.0 Å². The average Bonchev–Trinajstić information content (AvgIpc) is 2.91. The van der Waals surface area contributed by atoms with Gasteiger partial charge in [-0.2, -0.15) is 0 Å². The van der Waals surface area contributed by atoms with Crippen LogP contribution in [0, 0.1) is 0 Å². The summed E-state index contributed by atoms with van der Waals surface area (Å²) in [7, 11) is 0. The molecule has 2 aliphatic carbocycles. The van der Waals surface area contributed by atoms with Crippen molar-refractivity contribution in [2.75, 3.05) is 13.1 Å². The molecule has 2 bridgehead atoms. The number of hydrogen-bond acceptors (Lipinski definition) is 4. The van der Waals surface area contributed by atoms with E-state index in [1.807, 2.05) is 12.1 Å². The lowest BCUT2D eigenvalue weighted by Gasteiger charge is -2.60. The maximum absolute atomic E-state index is 12.6. The third-order valence-corrected chi connectivity index (χ3v) is 6.91. The summed E-state index contributed by atoms with van der Waals surface area (Å²) >= 11 is 0. The van der Waals surface area contributed by atoms with Gasteiger partial charge in [-0.15, -0.1) is 0 Å². The highest BCUT2D eigenvalue weighted by Gasteiger charge is 2.74. The van der Waals surface area contributed by atoms with Gasteiger partial charge in [0.25, 0.3) is 0 Å². The monoisotopic (exact) mass is 328 g/mol. The van der Waals surface area contributed by atoms with Gasteiger partial charge in [0.05, 0.1) is 18.5 Å². The molecule has 2 fully saturated rings. The van der Waals surface area contributed by atoms with Crippen molar-refractivity contribution in [3.8, 4) is 11.5 Å². The summed E-state index contributed by atoms with van der Waals surface area (Å²) in [4.78, 5) is 14.0.